The van der Waals surface area contributed by atoms with E-state index in [9.17, 15) is 45.4 Å². The number of carboxylic acid groups (broad SMARTS) is 1. The number of urea groups is 1. The van der Waals surface area contributed by atoms with Crippen LogP contribution in [0.4, 0.5) is 35.5 Å². The molecule has 0 aliphatic carbocycles. The van der Waals surface area contributed by atoms with Gasteiger partial charge in [-0.3, -0.25) is 9.69 Å². The van der Waals surface area contributed by atoms with Crippen LogP contribution in [-0.4, -0.2) is 68.0 Å². The number of benzene rings is 2. The SMILES string of the molecule is Cc1cc(F)ccc1[C@H]1CC2(CCN1C(=O)N(C)[C@H](C)c1cc(C(F)(F)F)cc(C(F)(F)F)c1)C(I)C[C@H](C(=O)O)N2C. The Bertz CT molecular complexity index is 1370. The van der Waals surface area contributed by atoms with Gasteiger partial charge in [0.2, 0.25) is 0 Å². The number of piperidine rings is 1. The standard InChI is InChI=1S/C29H31F7IN3O3/c1-15-9-20(30)5-6-21(15)23-14-27(24(37)13-22(25(41)42)39(27)4)7-8-40(23)26(43)38(3)16(2)17-10-18(28(31,32)33)12-19(11-17)29(34,35)36/h5-6,9-12,16,22-24H,7-8,13-14H2,1-4H3,(H,41,42)/t16-,22-,23-,24?,27?/m1/s1. The minimum absolute atomic E-state index is 0.0401. The van der Waals surface area contributed by atoms with Crippen LogP contribution in [0.3, 0.4) is 0 Å². The van der Waals surface area contributed by atoms with E-state index < -0.39 is 65.0 Å². The lowest BCUT2D eigenvalue weighted by Gasteiger charge is -2.51. The first-order valence-electron chi connectivity index (χ1n) is 13.5. The van der Waals surface area contributed by atoms with E-state index in [0.717, 1.165) is 4.90 Å². The summed E-state index contributed by atoms with van der Waals surface area (Å²) in [6.07, 6.45) is -9.02. The maximum atomic E-state index is 14.1. The van der Waals surface area contributed by atoms with Gasteiger partial charge in [-0.2, -0.15) is 26.3 Å². The summed E-state index contributed by atoms with van der Waals surface area (Å²) in [4.78, 5) is 30.4. The number of rotatable bonds is 4. The van der Waals surface area contributed by atoms with Crippen molar-refractivity contribution in [3.05, 3.63) is 70.0 Å². The average Bonchev–Trinajstić information content (AvgIpc) is 3.15. The fraction of sp³-hybridized carbons (Fsp3) is 0.517. The van der Waals surface area contributed by atoms with Crippen molar-refractivity contribution >= 4 is 34.6 Å². The lowest BCUT2D eigenvalue weighted by molar-refractivity contribution is -0.144. The highest BCUT2D eigenvalue weighted by molar-refractivity contribution is 14.1. The highest BCUT2D eigenvalue weighted by atomic mass is 127. The summed E-state index contributed by atoms with van der Waals surface area (Å²) in [6.45, 7) is 3.15. The Labute approximate surface area is 257 Å². The number of halogens is 8. The number of likely N-dealkylation sites (N-methyl/N-ethyl adjacent to an activating group) is 1. The topological polar surface area (TPSA) is 64.1 Å². The van der Waals surface area contributed by atoms with E-state index >= 15 is 0 Å². The Hall–Kier alpha value is -2.62. The van der Waals surface area contributed by atoms with Crippen molar-refractivity contribution in [3.8, 4) is 0 Å². The number of carbonyl (C=O) groups excluding carboxylic acids is 1. The highest BCUT2D eigenvalue weighted by Crippen LogP contribution is 2.50. The minimum Gasteiger partial charge on any atom is -0.480 e. The van der Waals surface area contributed by atoms with Gasteiger partial charge < -0.3 is 14.9 Å². The quantitative estimate of drug-likeness (QED) is 0.202. The van der Waals surface area contributed by atoms with Crippen molar-refractivity contribution in [2.24, 2.45) is 0 Å². The minimum atomic E-state index is -5.04. The Morgan fingerprint density at radius 3 is 2.14 bits per heavy atom. The Morgan fingerprint density at radius 2 is 1.65 bits per heavy atom. The molecule has 0 aromatic heterocycles. The number of hydrogen-bond donors (Lipinski definition) is 1. The number of alkyl halides is 7. The van der Waals surface area contributed by atoms with E-state index in [4.69, 9.17) is 0 Å². The first kappa shape index (κ1) is 33.3. The fourth-order valence-electron chi connectivity index (χ4n) is 6.32. The number of carboxylic acids is 1. The van der Waals surface area contributed by atoms with E-state index in [-0.39, 0.29) is 22.1 Å². The van der Waals surface area contributed by atoms with Gasteiger partial charge in [-0.1, -0.05) is 28.7 Å². The molecule has 2 amide bonds. The monoisotopic (exact) mass is 729 g/mol. The zero-order valence-electron chi connectivity index (χ0n) is 23.7. The van der Waals surface area contributed by atoms with Gasteiger partial charge in [-0.15, -0.1) is 0 Å². The molecule has 2 heterocycles. The molecule has 2 aromatic rings. The zero-order chi connectivity index (χ0) is 32.2. The predicted molar refractivity (Wildman–Crippen MR) is 152 cm³/mol. The summed E-state index contributed by atoms with van der Waals surface area (Å²) < 4.78 is 95.1. The third-order valence-corrected chi connectivity index (χ3v) is 10.7. The molecular weight excluding hydrogens is 698 g/mol. The molecule has 5 atom stereocenters. The molecule has 0 bridgehead atoms. The van der Waals surface area contributed by atoms with E-state index in [1.54, 1.807) is 20.0 Å². The van der Waals surface area contributed by atoms with Crippen LogP contribution in [0.1, 0.15) is 66.1 Å². The van der Waals surface area contributed by atoms with E-state index in [1.807, 2.05) is 4.90 Å². The molecule has 2 aromatic carbocycles. The van der Waals surface area contributed by atoms with Gasteiger partial charge in [0.1, 0.15) is 11.9 Å². The predicted octanol–water partition coefficient (Wildman–Crippen LogP) is 7.45. The van der Waals surface area contributed by atoms with Crippen molar-refractivity contribution < 1.29 is 45.4 Å². The summed E-state index contributed by atoms with van der Waals surface area (Å²) in [6, 6.07) is 2.14. The smallest absolute Gasteiger partial charge is 0.416 e. The number of carbonyl (C=O) groups is 2. The summed E-state index contributed by atoms with van der Waals surface area (Å²) in [5, 5.41) is 9.80. The summed E-state index contributed by atoms with van der Waals surface area (Å²) in [5.74, 6) is -1.46. The molecule has 4 rings (SSSR count). The van der Waals surface area contributed by atoms with Gasteiger partial charge >= 0.3 is 24.4 Å². The molecule has 2 aliphatic rings. The summed E-state index contributed by atoms with van der Waals surface area (Å²) >= 11 is 2.22. The Morgan fingerprint density at radius 1 is 1.07 bits per heavy atom. The van der Waals surface area contributed by atoms with Gasteiger partial charge in [-0.25, -0.2) is 9.18 Å². The van der Waals surface area contributed by atoms with Gasteiger partial charge in [0.15, 0.2) is 0 Å². The lowest BCUT2D eigenvalue weighted by atomic mass is 9.78. The van der Waals surface area contributed by atoms with Crippen molar-refractivity contribution in [1.29, 1.82) is 0 Å². The van der Waals surface area contributed by atoms with E-state index in [0.29, 0.717) is 42.5 Å². The number of aryl methyl sites for hydroxylation is 1. The van der Waals surface area contributed by atoms with Crippen LogP contribution >= 0.6 is 22.6 Å². The van der Waals surface area contributed by atoms with Crippen LogP contribution in [0.25, 0.3) is 0 Å². The van der Waals surface area contributed by atoms with Crippen LogP contribution in [0.2, 0.25) is 0 Å². The first-order chi connectivity index (χ1) is 19.8. The van der Waals surface area contributed by atoms with Crippen molar-refractivity contribution in [2.75, 3.05) is 20.6 Å². The van der Waals surface area contributed by atoms with Gasteiger partial charge in [0.25, 0.3) is 0 Å². The fourth-order valence-corrected chi connectivity index (χ4v) is 7.81. The second-order valence-electron chi connectivity index (χ2n) is 11.3. The van der Waals surface area contributed by atoms with Crippen LogP contribution in [0.15, 0.2) is 36.4 Å². The summed E-state index contributed by atoms with van der Waals surface area (Å²) in [7, 11) is 3.03. The summed E-state index contributed by atoms with van der Waals surface area (Å²) in [5.41, 5.74) is -2.76. The first-order valence-corrected chi connectivity index (χ1v) is 14.7. The van der Waals surface area contributed by atoms with E-state index in [2.05, 4.69) is 22.6 Å². The zero-order valence-corrected chi connectivity index (χ0v) is 25.9. The number of aliphatic carboxylic acids is 1. The van der Waals surface area contributed by atoms with Gasteiger partial charge in [0.05, 0.1) is 23.2 Å². The maximum absolute atomic E-state index is 14.1. The second-order valence-corrected chi connectivity index (χ2v) is 12.8. The molecule has 2 saturated heterocycles. The number of likely N-dealkylation sites (tertiary alicyclic amines) is 2. The van der Waals surface area contributed by atoms with Crippen molar-refractivity contribution in [1.82, 2.24) is 14.7 Å². The van der Waals surface area contributed by atoms with Crippen molar-refractivity contribution in [3.63, 3.8) is 0 Å². The van der Waals surface area contributed by atoms with Crippen LogP contribution in [0, 0.1) is 12.7 Å². The molecule has 6 nitrogen and oxygen atoms in total. The molecule has 2 unspecified atom stereocenters. The molecule has 0 radical (unpaired) electrons. The Balaban J connectivity index is 1.72. The molecule has 2 aliphatic heterocycles. The van der Waals surface area contributed by atoms with Crippen LogP contribution in [-0.2, 0) is 17.1 Å². The largest absolute Gasteiger partial charge is 0.480 e. The van der Waals surface area contributed by atoms with Crippen LogP contribution < -0.4 is 0 Å². The van der Waals surface area contributed by atoms with Gasteiger partial charge in [0, 0.05) is 23.1 Å². The molecular formula is C29H31F7IN3O3. The molecule has 1 spiro atoms. The van der Waals surface area contributed by atoms with E-state index in [1.165, 1.54) is 31.0 Å². The molecule has 1 N–H and O–H groups in total. The average molecular weight is 729 g/mol. The lowest BCUT2D eigenvalue weighted by Crippen LogP contribution is -2.59. The normalized spacial score (nSPS) is 25.7. The number of nitrogens with zero attached hydrogens (tertiary/aromatic N) is 3. The molecule has 236 valence electrons. The number of hydrogen-bond acceptors (Lipinski definition) is 3. The number of amides is 2. The third kappa shape index (κ3) is 6.31. The van der Waals surface area contributed by atoms with Gasteiger partial charge in [-0.05, 0) is 87.2 Å². The molecule has 43 heavy (non-hydrogen) atoms. The highest BCUT2D eigenvalue weighted by Gasteiger charge is 2.56. The Kier molecular flexibility index (Phi) is 9.06. The maximum Gasteiger partial charge on any atom is 0.416 e. The van der Waals surface area contributed by atoms with Crippen molar-refractivity contribution in [2.45, 2.75) is 73.1 Å². The molecule has 14 heteroatoms. The second kappa shape index (κ2) is 11.7. The molecule has 0 saturated carbocycles. The van der Waals surface area contributed by atoms with Crippen LogP contribution in [0.5, 0.6) is 0 Å². The third-order valence-electron chi connectivity index (χ3n) is 8.99. The molecule has 2 fully saturated rings.